The Balaban J connectivity index is 1.69. The van der Waals surface area contributed by atoms with Crippen molar-refractivity contribution in [2.45, 2.75) is 26.3 Å². The Morgan fingerprint density at radius 2 is 2.09 bits per heavy atom. The quantitative estimate of drug-likeness (QED) is 0.817. The molecule has 23 heavy (non-hydrogen) atoms. The van der Waals surface area contributed by atoms with Gasteiger partial charge in [-0.25, -0.2) is 13.4 Å². The van der Waals surface area contributed by atoms with Crippen molar-refractivity contribution in [2.75, 3.05) is 16.4 Å². The summed E-state index contributed by atoms with van der Waals surface area (Å²) in [6.07, 6.45) is 0.315. The monoisotopic (exact) mass is 368 g/mol. The maximum atomic E-state index is 12.3. The zero-order valence-electron chi connectivity index (χ0n) is 12.8. The number of aryl methyl sites for hydroxylation is 2. The van der Waals surface area contributed by atoms with E-state index in [1.54, 1.807) is 16.2 Å². The smallest absolute Gasteiger partial charge is 0.229 e. The van der Waals surface area contributed by atoms with Gasteiger partial charge in [-0.05, 0) is 19.9 Å². The summed E-state index contributed by atoms with van der Waals surface area (Å²) >= 11 is 3.14. The van der Waals surface area contributed by atoms with Crippen LogP contribution in [0.3, 0.4) is 0 Å². The summed E-state index contributed by atoms with van der Waals surface area (Å²) in [5.41, 5.74) is 1.96. The molecule has 0 radical (unpaired) electrons. The molecule has 0 aliphatic carbocycles. The Morgan fingerprint density at radius 1 is 1.30 bits per heavy atom. The van der Waals surface area contributed by atoms with Gasteiger partial charge in [0, 0.05) is 33.0 Å². The van der Waals surface area contributed by atoms with Gasteiger partial charge in [0.15, 0.2) is 15.0 Å². The van der Waals surface area contributed by atoms with Crippen LogP contribution in [-0.2, 0) is 14.6 Å². The fraction of sp³-hybridized carbons (Fsp3) is 0.467. The van der Waals surface area contributed by atoms with Crippen molar-refractivity contribution < 1.29 is 13.2 Å². The zero-order valence-corrected chi connectivity index (χ0v) is 15.2. The van der Waals surface area contributed by atoms with Crippen LogP contribution in [0.15, 0.2) is 11.4 Å². The lowest BCUT2D eigenvalue weighted by Crippen LogP contribution is -2.36. The number of thiazole rings is 1. The highest BCUT2D eigenvalue weighted by Gasteiger charge is 2.50. The van der Waals surface area contributed by atoms with Gasteiger partial charge in [-0.3, -0.25) is 9.69 Å². The van der Waals surface area contributed by atoms with Crippen molar-refractivity contribution in [3.63, 3.8) is 0 Å². The van der Waals surface area contributed by atoms with Crippen molar-refractivity contribution >= 4 is 43.5 Å². The highest BCUT2D eigenvalue weighted by Crippen LogP contribution is 2.40. The zero-order chi connectivity index (χ0) is 16.4. The van der Waals surface area contributed by atoms with Crippen LogP contribution in [-0.4, -0.2) is 36.9 Å². The Labute approximate surface area is 142 Å². The summed E-state index contributed by atoms with van der Waals surface area (Å²) in [7, 11) is -3.03. The van der Waals surface area contributed by atoms with Crippen LogP contribution < -0.4 is 4.90 Å². The molecule has 0 bridgehead atoms. The van der Waals surface area contributed by atoms with Crippen LogP contribution in [0.5, 0.6) is 0 Å². The van der Waals surface area contributed by atoms with E-state index in [0.717, 1.165) is 11.3 Å². The summed E-state index contributed by atoms with van der Waals surface area (Å²) in [6.45, 7) is 4.12. The second-order valence-corrected chi connectivity index (χ2v) is 10.7. The number of carbonyl (C=O) groups excluding carboxylic acids is 1. The lowest BCUT2D eigenvalue weighted by molar-refractivity contribution is -0.117. The first-order valence-corrected chi connectivity index (χ1v) is 10.9. The van der Waals surface area contributed by atoms with E-state index < -0.39 is 9.84 Å². The molecular weight excluding hydrogens is 352 g/mol. The van der Waals surface area contributed by atoms with Crippen molar-refractivity contribution in [3.8, 4) is 11.3 Å². The van der Waals surface area contributed by atoms with E-state index in [0.29, 0.717) is 11.6 Å². The number of anilines is 1. The van der Waals surface area contributed by atoms with Gasteiger partial charge in [0.25, 0.3) is 0 Å². The number of sulfone groups is 1. The second-order valence-electron chi connectivity index (χ2n) is 6.21. The summed E-state index contributed by atoms with van der Waals surface area (Å²) in [5.74, 6) is 0.106. The lowest BCUT2D eigenvalue weighted by atomic mass is 10.1. The number of aromatic nitrogens is 1. The van der Waals surface area contributed by atoms with Crippen LogP contribution in [0.2, 0.25) is 0 Å². The molecule has 2 aliphatic heterocycles. The molecule has 2 aliphatic rings. The standard InChI is InChI=1S/C15H16N2O3S3/c1-8-3-11(9(2)22-8)12-5-21-15(16-12)17-13-7-23(19,20)6-10(13)4-14(17)18/h3,5,10,13H,4,6-7H2,1-2H3. The molecule has 2 aromatic heterocycles. The number of carbonyl (C=O) groups is 1. The van der Waals surface area contributed by atoms with Gasteiger partial charge in [0.05, 0.1) is 23.2 Å². The average molecular weight is 369 g/mol. The average Bonchev–Trinajstić information content (AvgIpc) is 3.13. The molecular formula is C15H16N2O3S3. The van der Waals surface area contributed by atoms with Crippen LogP contribution in [0.1, 0.15) is 16.2 Å². The normalized spacial score (nSPS) is 26.0. The molecule has 0 N–H and O–H groups in total. The molecule has 0 aromatic carbocycles. The first kappa shape index (κ1) is 15.3. The molecule has 2 fully saturated rings. The van der Waals surface area contributed by atoms with Gasteiger partial charge < -0.3 is 0 Å². The molecule has 2 saturated heterocycles. The van der Waals surface area contributed by atoms with Crippen LogP contribution in [0, 0.1) is 19.8 Å². The second kappa shape index (κ2) is 5.12. The first-order chi connectivity index (χ1) is 10.8. The number of thiophene rings is 1. The SMILES string of the molecule is Cc1cc(-c2csc(N3C(=O)CC4CS(=O)(=O)CC43)n2)c(C)s1. The Kier molecular flexibility index (Phi) is 3.40. The largest absolute Gasteiger partial charge is 0.284 e. The summed E-state index contributed by atoms with van der Waals surface area (Å²) in [4.78, 5) is 21.0. The lowest BCUT2D eigenvalue weighted by Gasteiger charge is -2.19. The number of rotatable bonds is 2. The van der Waals surface area contributed by atoms with E-state index >= 15 is 0 Å². The summed E-state index contributed by atoms with van der Waals surface area (Å²) < 4.78 is 23.7. The third-order valence-electron chi connectivity index (χ3n) is 4.49. The summed E-state index contributed by atoms with van der Waals surface area (Å²) in [5, 5.41) is 2.58. The number of amides is 1. The minimum atomic E-state index is -3.03. The minimum Gasteiger partial charge on any atom is -0.284 e. The van der Waals surface area contributed by atoms with E-state index in [1.165, 1.54) is 21.1 Å². The maximum Gasteiger partial charge on any atom is 0.229 e. The Morgan fingerprint density at radius 3 is 2.78 bits per heavy atom. The number of fused-ring (bicyclic) bond motifs is 1. The number of nitrogens with zero attached hydrogens (tertiary/aromatic N) is 2. The number of hydrogen-bond donors (Lipinski definition) is 0. The predicted octanol–water partition coefficient (Wildman–Crippen LogP) is 2.64. The van der Waals surface area contributed by atoms with Gasteiger partial charge in [-0.1, -0.05) is 0 Å². The van der Waals surface area contributed by atoms with Crippen molar-refractivity contribution in [1.82, 2.24) is 4.98 Å². The highest BCUT2D eigenvalue weighted by molar-refractivity contribution is 7.91. The Bertz CT molecular complexity index is 897. The van der Waals surface area contributed by atoms with Crippen molar-refractivity contribution in [3.05, 3.63) is 21.2 Å². The van der Waals surface area contributed by atoms with Crippen LogP contribution >= 0.6 is 22.7 Å². The fourth-order valence-corrected chi connectivity index (χ4v) is 7.42. The molecule has 2 unspecified atom stereocenters. The minimum absolute atomic E-state index is 0.00554. The van der Waals surface area contributed by atoms with Gasteiger partial charge >= 0.3 is 0 Å². The molecule has 4 rings (SSSR count). The van der Waals surface area contributed by atoms with Gasteiger partial charge in [-0.2, -0.15) is 0 Å². The van der Waals surface area contributed by atoms with E-state index in [4.69, 9.17) is 0 Å². The van der Waals surface area contributed by atoms with Gasteiger partial charge in [-0.15, -0.1) is 22.7 Å². The van der Waals surface area contributed by atoms with Gasteiger partial charge in [0.1, 0.15) is 0 Å². The maximum absolute atomic E-state index is 12.3. The van der Waals surface area contributed by atoms with E-state index in [9.17, 15) is 13.2 Å². The first-order valence-electron chi connectivity index (χ1n) is 7.39. The third-order valence-corrected chi connectivity index (χ3v) is 8.08. The topological polar surface area (TPSA) is 67.3 Å². The van der Waals surface area contributed by atoms with E-state index in [2.05, 4.69) is 24.9 Å². The van der Waals surface area contributed by atoms with Crippen LogP contribution in [0.25, 0.3) is 11.3 Å². The molecule has 8 heteroatoms. The van der Waals surface area contributed by atoms with Crippen LogP contribution in [0.4, 0.5) is 5.13 Å². The third kappa shape index (κ3) is 2.53. The molecule has 2 aromatic rings. The molecule has 2 atom stereocenters. The van der Waals surface area contributed by atoms with Crippen molar-refractivity contribution in [2.24, 2.45) is 5.92 Å². The molecule has 1 amide bonds. The fourth-order valence-electron chi connectivity index (χ4n) is 3.52. The van der Waals surface area contributed by atoms with E-state index in [-0.39, 0.29) is 29.4 Å². The predicted molar refractivity (Wildman–Crippen MR) is 92.9 cm³/mol. The van der Waals surface area contributed by atoms with Gasteiger partial charge in [0.2, 0.25) is 5.91 Å². The Hall–Kier alpha value is -1.25. The summed E-state index contributed by atoms with van der Waals surface area (Å²) in [6, 6.07) is 1.87. The molecule has 122 valence electrons. The highest BCUT2D eigenvalue weighted by atomic mass is 32.2. The van der Waals surface area contributed by atoms with Crippen molar-refractivity contribution in [1.29, 1.82) is 0 Å². The molecule has 5 nitrogen and oxygen atoms in total. The molecule has 0 spiro atoms. The number of hydrogen-bond acceptors (Lipinski definition) is 6. The molecule has 4 heterocycles. The van der Waals surface area contributed by atoms with E-state index in [1.807, 2.05) is 5.38 Å². The molecule has 0 saturated carbocycles.